The molecule has 19 heavy (non-hydrogen) atoms. The first-order valence-electron chi connectivity index (χ1n) is 6.04. The summed E-state index contributed by atoms with van der Waals surface area (Å²) in [5.74, 6) is -0.902. The average Bonchev–Trinajstić information content (AvgIpc) is 2.67. The third-order valence-electron chi connectivity index (χ3n) is 3.05. The van der Waals surface area contributed by atoms with Crippen LogP contribution in [0.3, 0.4) is 0 Å². The fraction of sp³-hybridized carbons (Fsp3) is 0.583. The zero-order chi connectivity index (χ0) is 13.8. The molecule has 0 amide bonds. The lowest BCUT2D eigenvalue weighted by molar-refractivity contribution is -0.145. The molecule has 1 N–H and O–H groups in total. The van der Waals surface area contributed by atoms with Crippen LogP contribution in [0.25, 0.3) is 0 Å². The minimum absolute atomic E-state index is 0.0750. The minimum Gasteiger partial charge on any atom is -0.480 e. The standard InChI is InChI=1S/C12H15BrClNO3S/c13-10-5-9(19-12(10)14)6-15-3-1-8(2-4-15)18-7-11(16)17/h5,8H,1-4,6-7H2,(H,16,17). The number of nitrogens with zero attached hydrogens (tertiary/aromatic N) is 1. The summed E-state index contributed by atoms with van der Waals surface area (Å²) in [6.07, 6.45) is 1.84. The van der Waals surface area contributed by atoms with E-state index in [0.717, 1.165) is 41.3 Å². The number of piperidine rings is 1. The zero-order valence-electron chi connectivity index (χ0n) is 10.3. The minimum atomic E-state index is -0.902. The Morgan fingerprint density at radius 3 is 2.79 bits per heavy atom. The van der Waals surface area contributed by atoms with Gasteiger partial charge >= 0.3 is 5.97 Å². The van der Waals surface area contributed by atoms with Crippen LogP contribution < -0.4 is 0 Å². The highest BCUT2D eigenvalue weighted by molar-refractivity contribution is 9.10. The van der Waals surface area contributed by atoms with Crippen molar-refractivity contribution >= 4 is 44.8 Å². The summed E-state index contributed by atoms with van der Waals surface area (Å²) >= 11 is 11.0. The summed E-state index contributed by atoms with van der Waals surface area (Å²) in [4.78, 5) is 14.0. The van der Waals surface area contributed by atoms with Crippen molar-refractivity contribution in [1.82, 2.24) is 4.90 Å². The van der Waals surface area contributed by atoms with Gasteiger partial charge in [0.05, 0.1) is 6.10 Å². The average molecular weight is 369 g/mol. The lowest BCUT2D eigenvalue weighted by Gasteiger charge is -2.31. The summed E-state index contributed by atoms with van der Waals surface area (Å²) in [5, 5.41) is 8.57. The SMILES string of the molecule is O=C(O)COC1CCN(Cc2cc(Br)c(Cl)s2)CC1. The Morgan fingerprint density at radius 2 is 2.26 bits per heavy atom. The molecule has 2 rings (SSSR count). The van der Waals surface area contributed by atoms with Gasteiger partial charge in [0.15, 0.2) is 0 Å². The van der Waals surface area contributed by atoms with Gasteiger partial charge in [-0.05, 0) is 34.8 Å². The maximum atomic E-state index is 10.4. The smallest absolute Gasteiger partial charge is 0.329 e. The van der Waals surface area contributed by atoms with Crippen LogP contribution in [0.2, 0.25) is 4.34 Å². The molecular formula is C12H15BrClNO3S. The van der Waals surface area contributed by atoms with E-state index in [1.807, 2.05) is 0 Å². The summed E-state index contributed by atoms with van der Waals surface area (Å²) < 4.78 is 7.05. The lowest BCUT2D eigenvalue weighted by atomic mass is 10.1. The Hall–Kier alpha value is -0.140. The number of carboxylic acid groups (broad SMARTS) is 1. The predicted octanol–water partition coefficient (Wildman–Crippen LogP) is 3.23. The number of aliphatic carboxylic acids is 1. The molecule has 1 saturated heterocycles. The number of thiophene rings is 1. The molecule has 0 atom stereocenters. The number of rotatable bonds is 5. The first-order valence-corrected chi connectivity index (χ1v) is 8.03. The van der Waals surface area contributed by atoms with Crippen LogP contribution in [0.5, 0.6) is 0 Å². The molecule has 1 aliphatic heterocycles. The van der Waals surface area contributed by atoms with Crippen molar-refractivity contribution in [2.45, 2.75) is 25.5 Å². The normalized spacial score (nSPS) is 17.8. The molecule has 1 fully saturated rings. The maximum absolute atomic E-state index is 10.4. The Bertz CT molecular complexity index is 427. The number of hydrogen-bond donors (Lipinski definition) is 1. The zero-order valence-corrected chi connectivity index (χ0v) is 13.4. The van der Waals surface area contributed by atoms with Crippen molar-refractivity contribution in [3.05, 3.63) is 19.8 Å². The Labute approximate surface area is 129 Å². The molecule has 0 bridgehead atoms. The van der Waals surface area contributed by atoms with Crippen molar-refractivity contribution in [1.29, 1.82) is 0 Å². The molecule has 1 aromatic rings. The van der Waals surface area contributed by atoms with E-state index in [0.29, 0.717) is 0 Å². The molecule has 0 spiro atoms. The van der Waals surface area contributed by atoms with E-state index >= 15 is 0 Å². The maximum Gasteiger partial charge on any atom is 0.329 e. The van der Waals surface area contributed by atoms with E-state index < -0.39 is 5.97 Å². The van der Waals surface area contributed by atoms with Gasteiger partial charge in [0.2, 0.25) is 0 Å². The third kappa shape index (κ3) is 4.72. The summed E-state index contributed by atoms with van der Waals surface area (Å²) in [5.41, 5.74) is 0. The molecule has 106 valence electrons. The van der Waals surface area contributed by atoms with Crippen molar-refractivity contribution in [2.24, 2.45) is 0 Å². The number of carboxylic acids is 1. The van der Waals surface area contributed by atoms with Crippen LogP contribution in [0.4, 0.5) is 0 Å². The second-order valence-corrected chi connectivity index (χ2v) is 7.11. The largest absolute Gasteiger partial charge is 0.480 e. The van der Waals surface area contributed by atoms with Crippen LogP contribution in [-0.2, 0) is 16.1 Å². The van der Waals surface area contributed by atoms with E-state index in [2.05, 4.69) is 26.9 Å². The number of likely N-dealkylation sites (tertiary alicyclic amines) is 1. The molecule has 2 heterocycles. The second kappa shape index (κ2) is 7.04. The van der Waals surface area contributed by atoms with Gasteiger partial charge in [0.1, 0.15) is 10.9 Å². The Morgan fingerprint density at radius 1 is 1.58 bits per heavy atom. The highest BCUT2D eigenvalue weighted by Crippen LogP contribution is 2.33. The van der Waals surface area contributed by atoms with Crippen LogP contribution in [0.1, 0.15) is 17.7 Å². The number of hydrogen-bond acceptors (Lipinski definition) is 4. The topological polar surface area (TPSA) is 49.8 Å². The van der Waals surface area contributed by atoms with Gasteiger partial charge in [-0.3, -0.25) is 4.90 Å². The number of ether oxygens (including phenoxy) is 1. The van der Waals surface area contributed by atoms with Crippen LogP contribution >= 0.6 is 38.9 Å². The van der Waals surface area contributed by atoms with Crippen LogP contribution in [-0.4, -0.2) is 41.8 Å². The van der Waals surface area contributed by atoms with Gasteiger partial charge in [-0.1, -0.05) is 11.6 Å². The predicted molar refractivity (Wildman–Crippen MR) is 78.9 cm³/mol. The highest BCUT2D eigenvalue weighted by atomic mass is 79.9. The quantitative estimate of drug-likeness (QED) is 0.867. The monoisotopic (exact) mass is 367 g/mol. The van der Waals surface area contributed by atoms with Crippen molar-refractivity contribution in [2.75, 3.05) is 19.7 Å². The third-order valence-corrected chi connectivity index (χ3v) is 5.51. The highest BCUT2D eigenvalue weighted by Gasteiger charge is 2.21. The number of carbonyl (C=O) groups is 1. The summed E-state index contributed by atoms with van der Waals surface area (Å²) in [7, 11) is 0. The fourth-order valence-electron chi connectivity index (χ4n) is 2.11. The number of halogens is 2. The molecule has 1 aromatic heterocycles. The van der Waals surface area contributed by atoms with E-state index in [4.69, 9.17) is 21.4 Å². The van der Waals surface area contributed by atoms with E-state index in [-0.39, 0.29) is 12.7 Å². The molecule has 0 aliphatic carbocycles. The second-order valence-electron chi connectivity index (χ2n) is 4.51. The van der Waals surface area contributed by atoms with Crippen LogP contribution in [0, 0.1) is 0 Å². The molecule has 0 aromatic carbocycles. The molecule has 0 unspecified atom stereocenters. The first kappa shape index (κ1) is 15.3. The van der Waals surface area contributed by atoms with Gasteiger partial charge in [-0.15, -0.1) is 11.3 Å². The first-order chi connectivity index (χ1) is 9.04. The van der Waals surface area contributed by atoms with Crippen molar-refractivity contribution < 1.29 is 14.6 Å². The van der Waals surface area contributed by atoms with Crippen molar-refractivity contribution in [3.8, 4) is 0 Å². The van der Waals surface area contributed by atoms with Gasteiger partial charge in [0, 0.05) is 29.0 Å². The van der Waals surface area contributed by atoms with Gasteiger partial charge < -0.3 is 9.84 Å². The Balaban J connectivity index is 1.75. The lowest BCUT2D eigenvalue weighted by Crippen LogP contribution is -2.37. The van der Waals surface area contributed by atoms with E-state index in [1.165, 1.54) is 4.88 Å². The fourth-order valence-corrected chi connectivity index (χ4v) is 3.95. The van der Waals surface area contributed by atoms with E-state index in [1.54, 1.807) is 11.3 Å². The molecule has 1 aliphatic rings. The molecule has 7 heteroatoms. The van der Waals surface area contributed by atoms with Crippen LogP contribution in [0.15, 0.2) is 10.5 Å². The van der Waals surface area contributed by atoms with Gasteiger partial charge in [-0.2, -0.15) is 0 Å². The molecule has 4 nitrogen and oxygen atoms in total. The van der Waals surface area contributed by atoms with Gasteiger partial charge in [-0.25, -0.2) is 4.79 Å². The molecule has 0 radical (unpaired) electrons. The Kier molecular flexibility index (Phi) is 5.65. The van der Waals surface area contributed by atoms with E-state index in [9.17, 15) is 4.79 Å². The summed E-state index contributed by atoms with van der Waals surface area (Å²) in [6.45, 7) is 2.55. The van der Waals surface area contributed by atoms with Crippen molar-refractivity contribution in [3.63, 3.8) is 0 Å². The molecular weight excluding hydrogens is 354 g/mol. The molecule has 0 saturated carbocycles. The van der Waals surface area contributed by atoms with Gasteiger partial charge in [0.25, 0.3) is 0 Å². The summed E-state index contributed by atoms with van der Waals surface area (Å²) in [6, 6.07) is 2.06.